The first kappa shape index (κ1) is 15.5. The summed E-state index contributed by atoms with van der Waals surface area (Å²) in [6.45, 7) is 9.67. The molecule has 1 aromatic rings. The molecule has 1 aromatic heterocycles. The Morgan fingerprint density at radius 1 is 1.27 bits per heavy atom. The van der Waals surface area contributed by atoms with Crippen LogP contribution in [-0.2, 0) is 0 Å². The lowest BCUT2D eigenvalue weighted by atomic mass is 9.89. The lowest BCUT2D eigenvalue weighted by Crippen LogP contribution is -2.57. The van der Waals surface area contributed by atoms with Crippen molar-refractivity contribution in [3.05, 3.63) is 12.3 Å². The van der Waals surface area contributed by atoms with Gasteiger partial charge in [0.2, 0.25) is 0 Å². The molecule has 0 aromatic carbocycles. The van der Waals surface area contributed by atoms with Crippen molar-refractivity contribution in [3.8, 4) is 6.01 Å². The minimum absolute atomic E-state index is 0.115. The van der Waals surface area contributed by atoms with Gasteiger partial charge >= 0.3 is 6.01 Å². The summed E-state index contributed by atoms with van der Waals surface area (Å²) in [5, 5.41) is 3.53. The van der Waals surface area contributed by atoms with E-state index >= 15 is 0 Å². The van der Waals surface area contributed by atoms with Crippen LogP contribution in [0.3, 0.4) is 0 Å². The standard InChI is InChI=1S/C17H28N4O/c1-13-4-6-14(7-5-13)22-16-18-9-8-15(20-16)21-11-10-19-17(2,3)12-21/h8-9,13-14,19H,4-7,10-12H2,1-3H3. The highest BCUT2D eigenvalue weighted by atomic mass is 16.5. The van der Waals surface area contributed by atoms with Crippen LogP contribution in [0.25, 0.3) is 0 Å². The van der Waals surface area contributed by atoms with Crippen molar-refractivity contribution in [2.24, 2.45) is 5.92 Å². The molecule has 1 saturated heterocycles. The highest BCUT2D eigenvalue weighted by molar-refractivity contribution is 5.39. The molecular weight excluding hydrogens is 276 g/mol. The third-order valence-electron chi connectivity index (χ3n) is 4.75. The molecule has 0 unspecified atom stereocenters. The van der Waals surface area contributed by atoms with Crippen LogP contribution in [0.1, 0.15) is 46.5 Å². The minimum Gasteiger partial charge on any atom is -0.460 e. The summed E-state index contributed by atoms with van der Waals surface area (Å²) in [6.07, 6.45) is 6.83. The van der Waals surface area contributed by atoms with Crippen LogP contribution in [0, 0.1) is 5.92 Å². The Balaban J connectivity index is 1.65. The maximum Gasteiger partial charge on any atom is 0.318 e. The van der Waals surface area contributed by atoms with E-state index in [1.807, 2.05) is 12.3 Å². The molecule has 1 N–H and O–H groups in total. The van der Waals surface area contributed by atoms with Crippen molar-refractivity contribution in [2.45, 2.75) is 58.1 Å². The van der Waals surface area contributed by atoms with Crippen LogP contribution in [0.15, 0.2) is 12.3 Å². The summed E-state index contributed by atoms with van der Waals surface area (Å²) in [5.74, 6) is 1.80. The average molecular weight is 304 g/mol. The number of hydrogen-bond acceptors (Lipinski definition) is 5. The van der Waals surface area contributed by atoms with Crippen LogP contribution in [0.5, 0.6) is 6.01 Å². The van der Waals surface area contributed by atoms with Crippen LogP contribution < -0.4 is 15.0 Å². The average Bonchev–Trinajstić information content (AvgIpc) is 2.49. The molecule has 3 rings (SSSR count). The van der Waals surface area contributed by atoms with E-state index in [4.69, 9.17) is 4.74 Å². The number of hydrogen-bond donors (Lipinski definition) is 1. The van der Waals surface area contributed by atoms with E-state index in [9.17, 15) is 0 Å². The fraction of sp³-hybridized carbons (Fsp3) is 0.765. The molecule has 22 heavy (non-hydrogen) atoms. The first-order valence-electron chi connectivity index (χ1n) is 8.51. The largest absolute Gasteiger partial charge is 0.460 e. The summed E-state index contributed by atoms with van der Waals surface area (Å²) in [7, 11) is 0. The minimum atomic E-state index is 0.115. The highest BCUT2D eigenvalue weighted by Crippen LogP contribution is 2.26. The van der Waals surface area contributed by atoms with Crippen LogP contribution in [0.2, 0.25) is 0 Å². The van der Waals surface area contributed by atoms with Crippen LogP contribution in [0.4, 0.5) is 5.82 Å². The predicted molar refractivity (Wildman–Crippen MR) is 88.4 cm³/mol. The summed E-state index contributed by atoms with van der Waals surface area (Å²) >= 11 is 0. The number of rotatable bonds is 3. The molecule has 0 bridgehead atoms. The van der Waals surface area contributed by atoms with Gasteiger partial charge in [-0.2, -0.15) is 4.98 Å². The molecule has 0 radical (unpaired) electrons. The van der Waals surface area contributed by atoms with E-state index in [1.165, 1.54) is 12.8 Å². The molecule has 5 heteroatoms. The van der Waals surface area contributed by atoms with Gasteiger partial charge in [-0.05, 0) is 51.5 Å². The van der Waals surface area contributed by atoms with Crippen molar-refractivity contribution in [1.29, 1.82) is 0 Å². The third kappa shape index (κ3) is 3.88. The van der Waals surface area contributed by atoms with E-state index in [2.05, 4.69) is 41.0 Å². The molecule has 2 fully saturated rings. The Labute approximate surface area is 133 Å². The smallest absolute Gasteiger partial charge is 0.318 e. The second-order valence-electron chi connectivity index (χ2n) is 7.43. The van der Waals surface area contributed by atoms with Gasteiger partial charge < -0.3 is 15.0 Å². The number of anilines is 1. The first-order chi connectivity index (χ1) is 10.5. The fourth-order valence-corrected chi connectivity index (χ4v) is 3.40. The summed E-state index contributed by atoms with van der Waals surface area (Å²) < 4.78 is 6.02. The number of nitrogens with zero attached hydrogens (tertiary/aromatic N) is 3. The zero-order chi connectivity index (χ0) is 15.6. The quantitative estimate of drug-likeness (QED) is 0.930. The zero-order valence-electron chi connectivity index (χ0n) is 14.0. The van der Waals surface area contributed by atoms with Crippen molar-refractivity contribution >= 4 is 5.82 Å². The molecule has 5 nitrogen and oxygen atoms in total. The Bertz CT molecular complexity index is 497. The number of piperazine rings is 1. The molecule has 1 saturated carbocycles. The Kier molecular flexibility index (Phi) is 4.52. The van der Waals surface area contributed by atoms with Gasteiger partial charge in [0.1, 0.15) is 11.9 Å². The number of ether oxygens (including phenoxy) is 1. The van der Waals surface area contributed by atoms with E-state index in [0.717, 1.165) is 44.2 Å². The lowest BCUT2D eigenvalue weighted by Gasteiger charge is -2.39. The van der Waals surface area contributed by atoms with Gasteiger partial charge in [-0.3, -0.25) is 0 Å². The molecule has 1 aliphatic carbocycles. The van der Waals surface area contributed by atoms with Crippen molar-refractivity contribution in [3.63, 3.8) is 0 Å². The second kappa shape index (κ2) is 6.41. The predicted octanol–water partition coefficient (Wildman–Crippen LogP) is 2.62. The molecule has 0 spiro atoms. The van der Waals surface area contributed by atoms with E-state index in [1.54, 1.807) is 0 Å². The van der Waals surface area contributed by atoms with Crippen molar-refractivity contribution in [1.82, 2.24) is 15.3 Å². The fourth-order valence-electron chi connectivity index (χ4n) is 3.40. The zero-order valence-corrected chi connectivity index (χ0v) is 14.0. The number of aromatic nitrogens is 2. The van der Waals surface area contributed by atoms with Crippen molar-refractivity contribution < 1.29 is 4.74 Å². The Hall–Kier alpha value is -1.36. The van der Waals surface area contributed by atoms with Gasteiger partial charge in [0.25, 0.3) is 0 Å². The molecule has 1 aliphatic heterocycles. The molecule has 2 heterocycles. The van der Waals surface area contributed by atoms with E-state index in [0.29, 0.717) is 6.01 Å². The second-order valence-corrected chi connectivity index (χ2v) is 7.43. The van der Waals surface area contributed by atoms with Crippen molar-refractivity contribution in [2.75, 3.05) is 24.5 Å². The topological polar surface area (TPSA) is 50.3 Å². The summed E-state index contributed by atoms with van der Waals surface area (Å²) in [5.41, 5.74) is 0.115. The summed E-state index contributed by atoms with van der Waals surface area (Å²) in [4.78, 5) is 11.3. The highest BCUT2D eigenvalue weighted by Gasteiger charge is 2.27. The summed E-state index contributed by atoms with van der Waals surface area (Å²) in [6, 6.07) is 2.52. The van der Waals surface area contributed by atoms with Gasteiger partial charge in [0.05, 0.1) is 0 Å². The number of nitrogens with one attached hydrogen (secondary N) is 1. The van der Waals surface area contributed by atoms with Gasteiger partial charge in [0.15, 0.2) is 0 Å². The van der Waals surface area contributed by atoms with Gasteiger partial charge in [-0.15, -0.1) is 0 Å². The SMILES string of the molecule is CC1CCC(Oc2nccc(N3CCNC(C)(C)C3)n2)CC1. The van der Waals surface area contributed by atoms with E-state index < -0.39 is 0 Å². The Morgan fingerprint density at radius 2 is 2.05 bits per heavy atom. The van der Waals surface area contributed by atoms with Gasteiger partial charge in [-0.1, -0.05) is 6.92 Å². The van der Waals surface area contributed by atoms with Crippen LogP contribution >= 0.6 is 0 Å². The monoisotopic (exact) mass is 304 g/mol. The molecule has 122 valence electrons. The third-order valence-corrected chi connectivity index (χ3v) is 4.75. The van der Waals surface area contributed by atoms with Crippen LogP contribution in [-0.4, -0.2) is 41.2 Å². The lowest BCUT2D eigenvalue weighted by molar-refractivity contribution is 0.124. The Morgan fingerprint density at radius 3 is 2.77 bits per heavy atom. The molecule has 0 amide bonds. The maximum absolute atomic E-state index is 6.02. The van der Waals surface area contributed by atoms with Gasteiger partial charge in [-0.25, -0.2) is 4.98 Å². The van der Waals surface area contributed by atoms with E-state index in [-0.39, 0.29) is 11.6 Å². The molecule has 0 atom stereocenters. The molecule has 2 aliphatic rings. The van der Waals surface area contributed by atoms with Gasteiger partial charge in [0, 0.05) is 31.4 Å². The molecular formula is C17H28N4O. The first-order valence-corrected chi connectivity index (χ1v) is 8.51. The normalized spacial score (nSPS) is 28.4. The maximum atomic E-state index is 6.02.